The highest BCUT2D eigenvalue weighted by molar-refractivity contribution is 5.85. The van der Waals surface area contributed by atoms with Crippen molar-refractivity contribution in [3.63, 3.8) is 0 Å². The second-order valence-electron chi connectivity index (χ2n) is 7.76. The number of benzene rings is 1. The van der Waals surface area contributed by atoms with Crippen molar-refractivity contribution in [1.82, 2.24) is 20.9 Å². The van der Waals surface area contributed by atoms with Crippen LogP contribution >= 0.6 is 12.4 Å². The van der Waals surface area contributed by atoms with Crippen LogP contribution in [0.2, 0.25) is 0 Å². The largest absolute Gasteiger partial charge is 0.355 e. The van der Waals surface area contributed by atoms with Crippen LogP contribution in [-0.2, 0) is 17.8 Å². The molecule has 0 aliphatic carbocycles. The molecule has 6 nitrogen and oxygen atoms in total. The minimum absolute atomic E-state index is 0. The third-order valence-corrected chi connectivity index (χ3v) is 5.57. The van der Waals surface area contributed by atoms with Crippen molar-refractivity contribution in [2.24, 2.45) is 5.41 Å². The van der Waals surface area contributed by atoms with Gasteiger partial charge in [0.2, 0.25) is 5.91 Å². The number of rotatable bonds is 5. The zero-order valence-corrected chi connectivity index (χ0v) is 16.9. The summed E-state index contributed by atoms with van der Waals surface area (Å²) in [6, 6.07) is 8.16. The van der Waals surface area contributed by atoms with Crippen LogP contribution < -0.4 is 16.0 Å². The minimum atomic E-state index is -0.0855. The molecule has 1 fully saturated rings. The van der Waals surface area contributed by atoms with E-state index >= 15 is 0 Å². The van der Waals surface area contributed by atoms with Crippen LogP contribution in [0.1, 0.15) is 37.3 Å². The lowest BCUT2D eigenvalue weighted by molar-refractivity contribution is -0.121. The molecule has 2 aliphatic rings. The Balaban J connectivity index is 0.00000261. The molecule has 3 rings (SSSR count). The van der Waals surface area contributed by atoms with E-state index in [-0.39, 0.29) is 29.8 Å². The van der Waals surface area contributed by atoms with E-state index in [4.69, 9.17) is 0 Å². The van der Waals surface area contributed by atoms with Gasteiger partial charge in [-0.05, 0) is 48.9 Å². The average molecular weight is 395 g/mol. The molecular formula is C20H31ClN4O2. The minimum Gasteiger partial charge on any atom is -0.355 e. The topological polar surface area (TPSA) is 73.5 Å². The first-order valence-electron chi connectivity index (χ1n) is 9.63. The molecule has 0 bridgehead atoms. The number of nitrogens with one attached hydrogen (secondary N) is 3. The third-order valence-electron chi connectivity index (χ3n) is 5.57. The summed E-state index contributed by atoms with van der Waals surface area (Å²) in [6.45, 7) is 6.71. The molecular weight excluding hydrogens is 364 g/mol. The molecule has 0 saturated carbocycles. The van der Waals surface area contributed by atoms with E-state index in [9.17, 15) is 9.59 Å². The molecule has 0 unspecified atom stereocenters. The first-order chi connectivity index (χ1) is 12.6. The second kappa shape index (κ2) is 9.95. The third kappa shape index (κ3) is 6.11. The van der Waals surface area contributed by atoms with E-state index in [1.807, 2.05) is 17.0 Å². The number of hydrogen-bond donors (Lipinski definition) is 3. The molecule has 0 radical (unpaired) electrons. The lowest BCUT2D eigenvalue weighted by Crippen LogP contribution is -2.45. The number of halogens is 1. The fourth-order valence-corrected chi connectivity index (χ4v) is 3.67. The Labute approximate surface area is 167 Å². The molecule has 1 aromatic carbocycles. The number of nitrogens with zero attached hydrogens (tertiary/aromatic N) is 1. The number of carbonyl (C=O) groups excluding carboxylic acids is 2. The van der Waals surface area contributed by atoms with Gasteiger partial charge in [0.15, 0.2) is 0 Å². The van der Waals surface area contributed by atoms with Crippen LogP contribution in [0.5, 0.6) is 0 Å². The van der Waals surface area contributed by atoms with Crippen molar-refractivity contribution < 1.29 is 9.59 Å². The van der Waals surface area contributed by atoms with Crippen molar-refractivity contribution in [3.05, 3.63) is 35.4 Å². The van der Waals surface area contributed by atoms with E-state index < -0.39 is 0 Å². The van der Waals surface area contributed by atoms with Gasteiger partial charge in [-0.15, -0.1) is 12.4 Å². The molecule has 3 amide bonds. The quantitative estimate of drug-likeness (QED) is 0.715. The van der Waals surface area contributed by atoms with E-state index in [1.54, 1.807) is 0 Å². The maximum Gasteiger partial charge on any atom is 0.317 e. The lowest BCUT2D eigenvalue weighted by Gasteiger charge is -2.34. The van der Waals surface area contributed by atoms with Gasteiger partial charge >= 0.3 is 6.03 Å². The summed E-state index contributed by atoms with van der Waals surface area (Å²) in [5.74, 6) is 0.00838. The van der Waals surface area contributed by atoms with Gasteiger partial charge in [0, 0.05) is 32.6 Å². The van der Waals surface area contributed by atoms with Crippen molar-refractivity contribution in [2.45, 2.75) is 39.2 Å². The molecule has 0 spiro atoms. The van der Waals surface area contributed by atoms with Crippen LogP contribution in [0.3, 0.4) is 0 Å². The van der Waals surface area contributed by atoms with Crippen molar-refractivity contribution in [3.8, 4) is 0 Å². The maximum atomic E-state index is 12.3. The molecule has 150 valence electrons. The number of piperidine rings is 1. The van der Waals surface area contributed by atoms with Gasteiger partial charge in [-0.2, -0.15) is 0 Å². The Hall–Kier alpha value is -1.79. The molecule has 27 heavy (non-hydrogen) atoms. The lowest BCUT2D eigenvalue weighted by atomic mass is 9.81. The van der Waals surface area contributed by atoms with Crippen LogP contribution in [0, 0.1) is 5.41 Å². The van der Waals surface area contributed by atoms with Gasteiger partial charge in [0.1, 0.15) is 0 Å². The fourth-order valence-electron chi connectivity index (χ4n) is 3.67. The van der Waals surface area contributed by atoms with Gasteiger partial charge in [0.25, 0.3) is 0 Å². The van der Waals surface area contributed by atoms with Crippen LogP contribution in [-0.4, -0.2) is 49.6 Å². The summed E-state index contributed by atoms with van der Waals surface area (Å²) >= 11 is 0. The van der Waals surface area contributed by atoms with Gasteiger partial charge < -0.3 is 20.9 Å². The van der Waals surface area contributed by atoms with Gasteiger partial charge in [0.05, 0.1) is 0 Å². The molecule has 1 aromatic rings. The Morgan fingerprint density at radius 3 is 2.59 bits per heavy atom. The second-order valence-corrected chi connectivity index (χ2v) is 7.76. The van der Waals surface area contributed by atoms with E-state index in [1.165, 1.54) is 11.1 Å². The Morgan fingerprint density at radius 1 is 1.15 bits per heavy atom. The smallest absolute Gasteiger partial charge is 0.317 e. The molecule has 7 heteroatoms. The SMILES string of the molecule is CC1(CNC(=O)CCNC(=O)N2CCc3ccccc3C2)CCNCC1.Cl. The van der Waals surface area contributed by atoms with Crippen LogP contribution in [0.25, 0.3) is 0 Å². The zero-order chi connectivity index (χ0) is 18.4. The summed E-state index contributed by atoms with van der Waals surface area (Å²) in [6.07, 6.45) is 3.38. The molecule has 1 saturated heterocycles. The predicted molar refractivity (Wildman–Crippen MR) is 109 cm³/mol. The van der Waals surface area contributed by atoms with E-state index in [2.05, 4.69) is 35.0 Å². The van der Waals surface area contributed by atoms with E-state index in [0.29, 0.717) is 26.1 Å². The highest BCUT2D eigenvalue weighted by atomic mass is 35.5. The van der Waals surface area contributed by atoms with Crippen molar-refractivity contribution >= 4 is 24.3 Å². The Morgan fingerprint density at radius 2 is 1.85 bits per heavy atom. The Bertz CT molecular complexity index is 647. The standard InChI is InChI=1S/C20H30N4O2.ClH/c1-20(8-11-21-12-9-20)15-23-18(25)6-10-22-19(26)24-13-7-16-4-2-3-5-17(16)14-24;/h2-5,21H,6-15H2,1H3,(H,22,26)(H,23,25);1H. The molecule has 0 aromatic heterocycles. The Kier molecular flexibility index (Phi) is 7.92. The maximum absolute atomic E-state index is 12.3. The monoisotopic (exact) mass is 394 g/mol. The summed E-state index contributed by atoms with van der Waals surface area (Å²) in [4.78, 5) is 26.2. The van der Waals surface area contributed by atoms with Crippen LogP contribution in [0.4, 0.5) is 4.79 Å². The number of urea groups is 1. The highest BCUT2D eigenvalue weighted by Gasteiger charge is 2.27. The van der Waals surface area contributed by atoms with E-state index in [0.717, 1.165) is 38.9 Å². The summed E-state index contributed by atoms with van der Waals surface area (Å²) < 4.78 is 0. The van der Waals surface area contributed by atoms with Gasteiger partial charge in [-0.3, -0.25) is 4.79 Å². The number of fused-ring (bicyclic) bond motifs is 1. The predicted octanol–water partition coefficient (Wildman–Crippen LogP) is 2.07. The first-order valence-corrected chi connectivity index (χ1v) is 9.63. The summed E-state index contributed by atoms with van der Waals surface area (Å²) in [7, 11) is 0. The summed E-state index contributed by atoms with van der Waals surface area (Å²) in [5, 5.41) is 9.25. The molecule has 2 aliphatic heterocycles. The summed E-state index contributed by atoms with van der Waals surface area (Å²) in [5.41, 5.74) is 2.72. The number of carbonyl (C=O) groups is 2. The molecule has 2 heterocycles. The van der Waals surface area contributed by atoms with Crippen molar-refractivity contribution in [2.75, 3.05) is 32.7 Å². The van der Waals surface area contributed by atoms with Crippen LogP contribution in [0.15, 0.2) is 24.3 Å². The average Bonchev–Trinajstić information content (AvgIpc) is 2.66. The highest BCUT2D eigenvalue weighted by Crippen LogP contribution is 2.26. The number of amides is 3. The molecule has 0 atom stereocenters. The van der Waals surface area contributed by atoms with Gasteiger partial charge in [-0.1, -0.05) is 31.2 Å². The fraction of sp³-hybridized carbons (Fsp3) is 0.600. The number of hydrogen-bond acceptors (Lipinski definition) is 3. The zero-order valence-electron chi connectivity index (χ0n) is 16.1. The van der Waals surface area contributed by atoms with Crippen molar-refractivity contribution in [1.29, 1.82) is 0 Å². The normalized spacial score (nSPS) is 18.0. The molecule has 3 N–H and O–H groups in total. The first kappa shape index (κ1) is 21.5. The van der Waals surface area contributed by atoms with Gasteiger partial charge in [-0.25, -0.2) is 4.79 Å².